The van der Waals surface area contributed by atoms with E-state index in [0.29, 0.717) is 17.9 Å². The van der Waals surface area contributed by atoms with E-state index in [9.17, 15) is 9.90 Å². The van der Waals surface area contributed by atoms with Crippen molar-refractivity contribution < 1.29 is 14.6 Å². The van der Waals surface area contributed by atoms with Crippen LogP contribution in [0.1, 0.15) is 30.1 Å². The zero-order valence-electron chi connectivity index (χ0n) is 9.35. The zero-order chi connectivity index (χ0) is 11.5. The number of rotatable bonds is 5. The second-order valence-corrected chi connectivity index (χ2v) is 4.11. The summed E-state index contributed by atoms with van der Waals surface area (Å²) in [6.07, 6.45) is 1.08. The summed E-state index contributed by atoms with van der Waals surface area (Å²) in [6.45, 7) is 2.47. The monoisotopic (exact) mass is 220 g/mol. The third-order valence-electron chi connectivity index (χ3n) is 2.77. The first-order valence-corrected chi connectivity index (χ1v) is 5.67. The quantitative estimate of drug-likeness (QED) is 0.772. The number of aliphatic hydroxyl groups is 1. The van der Waals surface area contributed by atoms with Gasteiger partial charge in [0.1, 0.15) is 11.9 Å². The van der Waals surface area contributed by atoms with Gasteiger partial charge in [-0.3, -0.25) is 4.79 Å². The average Bonchev–Trinajstić information content (AvgIpc) is 3.12. The van der Waals surface area contributed by atoms with Gasteiger partial charge in [0.15, 0.2) is 5.78 Å². The molecule has 3 nitrogen and oxygen atoms in total. The molecule has 1 aliphatic rings. The van der Waals surface area contributed by atoms with Gasteiger partial charge in [-0.05, 0) is 37.8 Å². The summed E-state index contributed by atoms with van der Waals surface area (Å²) in [5.41, 5.74) is 0.533. The maximum Gasteiger partial charge on any atom is 0.191 e. The Morgan fingerprint density at radius 2 is 2.31 bits per heavy atom. The Bertz CT molecular complexity index is 383. The first-order valence-electron chi connectivity index (χ1n) is 5.67. The normalized spacial score (nSPS) is 16.9. The number of ether oxygens (including phenoxy) is 1. The Morgan fingerprint density at radius 1 is 1.56 bits per heavy atom. The number of Topliss-reactive ketones (excluding diaryl/α,β-unsaturated/α-hetero) is 1. The van der Waals surface area contributed by atoms with E-state index < -0.39 is 6.10 Å². The van der Waals surface area contributed by atoms with Crippen molar-refractivity contribution >= 4 is 5.78 Å². The van der Waals surface area contributed by atoms with E-state index in [1.807, 2.05) is 13.0 Å². The molecule has 0 heterocycles. The lowest BCUT2D eigenvalue weighted by Crippen LogP contribution is -2.22. The van der Waals surface area contributed by atoms with Crippen molar-refractivity contribution in [2.75, 3.05) is 6.61 Å². The van der Waals surface area contributed by atoms with Gasteiger partial charge in [-0.2, -0.15) is 0 Å². The highest BCUT2D eigenvalue weighted by Crippen LogP contribution is 2.34. The van der Waals surface area contributed by atoms with Gasteiger partial charge in [0.05, 0.1) is 6.61 Å². The predicted octanol–water partition coefficient (Wildman–Crippen LogP) is 2.04. The Balaban J connectivity index is 2.12. The highest BCUT2D eigenvalue weighted by molar-refractivity contribution is 6.00. The topological polar surface area (TPSA) is 46.5 Å². The molecule has 0 saturated heterocycles. The fraction of sp³-hybridized carbons (Fsp3) is 0.462. The van der Waals surface area contributed by atoms with Crippen molar-refractivity contribution in [3.05, 3.63) is 29.8 Å². The van der Waals surface area contributed by atoms with Gasteiger partial charge in [-0.1, -0.05) is 12.1 Å². The standard InChI is InChI=1S/C13H16O3/c1-2-16-11-5-3-4-10(8-11)13(15)12(14)9-6-7-9/h3-5,8-9,12,14H,2,6-7H2,1H3. The number of benzene rings is 1. The lowest BCUT2D eigenvalue weighted by Gasteiger charge is -2.09. The smallest absolute Gasteiger partial charge is 0.191 e. The number of hydrogen-bond acceptors (Lipinski definition) is 3. The molecule has 0 spiro atoms. The number of ketones is 1. The van der Waals surface area contributed by atoms with Crippen molar-refractivity contribution in [1.29, 1.82) is 0 Å². The molecule has 1 aromatic rings. The van der Waals surface area contributed by atoms with E-state index in [4.69, 9.17) is 4.74 Å². The van der Waals surface area contributed by atoms with Gasteiger partial charge >= 0.3 is 0 Å². The van der Waals surface area contributed by atoms with Crippen LogP contribution in [0.3, 0.4) is 0 Å². The minimum Gasteiger partial charge on any atom is -0.494 e. The molecule has 1 aliphatic carbocycles. The Hall–Kier alpha value is -1.35. The first-order chi connectivity index (χ1) is 7.72. The molecule has 0 aromatic heterocycles. The third-order valence-corrected chi connectivity index (χ3v) is 2.77. The van der Waals surface area contributed by atoms with Crippen LogP contribution in [-0.2, 0) is 0 Å². The Kier molecular flexibility index (Phi) is 3.25. The SMILES string of the molecule is CCOc1cccc(C(=O)C(O)C2CC2)c1. The van der Waals surface area contributed by atoms with Gasteiger partial charge in [-0.25, -0.2) is 0 Å². The summed E-state index contributed by atoms with van der Waals surface area (Å²) in [7, 11) is 0. The number of carbonyl (C=O) groups excluding carboxylic acids is 1. The molecule has 3 heteroatoms. The highest BCUT2D eigenvalue weighted by Gasteiger charge is 2.34. The van der Waals surface area contributed by atoms with E-state index in [1.165, 1.54) is 0 Å². The summed E-state index contributed by atoms with van der Waals surface area (Å²) in [5, 5.41) is 9.74. The molecule has 0 radical (unpaired) electrons. The van der Waals surface area contributed by atoms with Crippen molar-refractivity contribution in [3.63, 3.8) is 0 Å². The van der Waals surface area contributed by atoms with Crippen LogP contribution in [0.25, 0.3) is 0 Å². The fourth-order valence-corrected chi connectivity index (χ4v) is 1.70. The second-order valence-electron chi connectivity index (χ2n) is 4.11. The van der Waals surface area contributed by atoms with Crippen LogP contribution in [-0.4, -0.2) is 23.6 Å². The van der Waals surface area contributed by atoms with Crippen LogP contribution in [0, 0.1) is 5.92 Å². The summed E-state index contributed by atoms with van der Waals surface area (Å²) < 4.78 is 5.32. The Morgan fingerprint density at radius 3 is 2.94 bits per heavy atom. The predicted molar refractivity (Wildman–Crippen MR) is 60.7 cm³/mol. The van der Waals surface area contributed by atoms with Gasteiger partial charge in [0.2, 0.25) is 0 Å². The van der Waals surface area contributed by atoms with E-state index in [-0.39, 0.29) is 11.7 Å². The van der Waals surface area contributed by atoms with Crippen LogP contribution in [0.4, 0.5) is 0 Å². The van der Waals surface area contributed by atoms with Crippen molar-refractivity contribution in [2.45, 2.75) is 25.9 Å². The lowest BCUT2D eigenvalue weighted by atomic mass is 10.0. The molecule has 2 rings (SSSR count). The maximum atomic E-state index is 11.9. The number of aliphatic hydroxyl groups excluding tert-OH is 1. The molecule has 1 saturated carbocycles. The van der Waals surface area contributed by atoms with Crippen LogP contribution in [0.15, 0.2) is 24.3 Å². The van der Waals surface area contributed by atoms with E-state index in [2.05, 4.69) is 0 Å². The molecule has 0 aliphatic heterocycles. The molecule has 0 amide bonds. The molecular formula is C13H16O3. The van der Waals surface area contributed by atoms with Crippen molar-refractivity contribution in [3.8, 4) is 5.75 Å². The Labute approximate surface area is 95.0 Å². The fourth-order valence-electron chi connectivity index (χ4n) is 1.70. The highest BCUT2D eigenvalue weighted by atomic mass is 16.5. The van der Waals surface area contributed by atoms with Gasteiger partial charge in [0, 0.05) is 5.56 Å². The van der Waals surface area contributed by atoms with Crippen molar-refractivity contribution in [1.82, 2.24) is 0 Å². The minimum atomic E-state index is -0.836. The van der Waals surface area contributed by atoms with Gasteiger partial charge < -0.3 is 9.84 Å². The van der Waals surface area contributed by atoms with Crippen LogP contribution < -0.4 is 4.74 Å². The van der Waals surface area contributed by atoms with Gasteiger partial charge in [0.25, 0.3) is 0 Å². The summed E-state index contributed by atoms with van der Waals surface area (Å²) in [6, 6.07) is 7.00. The summed E-state index contributed by atoms with van der Waals surface area (Å²) >= 11 is 0. The summed E-state index contributed by atoms with van der Waals surface area (Å²) in [5.74, 6) is 0.656. The second kappa shape index (κ2) is 4.66. The molecule has 0 bridgehead atoms. The largest absolute Gasteiger partial charge is 0.494 e. The van der Waals surface area contributed by atoms with Crippen molar-refractivity contribution in [2.24, 2.45) is 5.92 Å². The van der Waals surface area contributed by atoms with Crippen LogP contribution in [0.5, 0.6) is 5.75 Å². The minimum absolute atomic E-state index is 0.170. The van der Waals surface area contributed by atoms with E-state index in [1.54, 1.807) is 18.2 Å². The molecule has 16 heavy (non-hydrogen) atoms. The lowest BCUT2D eigenvalue weighted by molar-refractivity contribution is 0.0703. The third kappa shape index (κ3) is 2.42. The zero-order valence-corrected chi connectivity index (χ0v) is 9.35. The van der Waals surface area contributed by atoms with E-state index in [0.717, 1.165) is 12.8 Å². The molecule has 1 fully saturated rings. The molecule has 1 atom stereocenters. The van der Waals surface area contributed by atoms with E-state index >= 15 is 0 Å². The average molecular weight is 220 g/mol. The first kappa shape index (κ1) is 11.1. The number of hydrogen-bond donors (Lipinski definition) is 1. The van der Waals surface area contributed by atoms with Crippen LogP contribution in [0.2, 0.25) is 0 Å². The summed E-state index contributed by atoms with van der Waals surface area (Å²) in [4.78, 5) is 11.9. The molecule has 1 N–H and O–H groups in total. The van der Waals surface area contributed by atoms with Crippen LogP contribution >= 0.6 is 0 Å². The van der Waals surface area contributed by atoms with Gasteiger partial charge in [-0.15, -0.1) is 0 Å². The molecule has 86 valence electrons. The molecule has 1 aromatic carbocycles. The number of carbonyl (C=O) groups is 1. The maximum absolute atomic E-state index is 11.9. The molecule has 1 unspecified atom stereocenters. The molecular weight excluding hydrogens is 204 g/mol.